The van der Waals surface area contributed by atoms with Gasteiger partial charge in [-0.05, 0) is 24.3 Å². The fourth-order valence-electron chi connectivity index (χ4n) is 2.65. The van der Waals surface area contributed by atoms with Gasteiger partial charge in [-0.3, -0.25) is 4.79 Å². The fourth-order valence-corrected chi connectivity index (χ4v) is 2.65. The molecule has 0 unspecified atom stereocenters. The van der Waals surface area contributed by atoms with Crippen LogP contribution >= 0.6 is 0 Å². The molecule has 7 heteroatoms. The molecule has 0 atom stereocenters. The van der Waals surface area contributed by atoms with Crippen LogP contribution in [0, 0.1) is 11.3 Å². The summed E-state index contributed by atoms with van der Waals surface area (Å²) in [5, 5.41) is 12.1. The van der Waals surface area contributed by atoms with Crippen molar-refractivity contribution in [2.75, 3.05) is 32.8 Å². The minimum Gasteiger partial charge on any atom is -0.493 e. The summed E-state index contributed by atoms with van der Waals surface area (Å²) in [5.74, 6) is 1.59. The van der Waals surface area contributed by atoms with Crippen LogP contribution in [0.3, 0.4) is 0 Å². The van der Waals surface area contributed by atoms with Crippen molar-refractivity contribution in [2.45, 2.75) is 0 Å². The van der Waals surface area contributed by atoms with Gasteiger partial charge in [0.05, 0.1) is 14.2 Å². The SMILES string of the molecule is COc1cccc(/C=C(\C#N)C(=O)Nc2ccc3c(c2)OCCO3)c1OC. The number of methoxy groups -OCH3 is 2. The molecule has 138 valence electrons. The van der Waals surface area contributed by atoms with Crippen molar-refractivity contribution in [3.05, 3.63) is 47.5 Å². The molecule has 0 fully saturated rings. The summed E-state index contributed by atoms with van der Waals surface area (Å²) in [4.78, 5) is 12.5. The highest BCUT2D eigenvalue weighted by Crippen LogP contribution is 2.34. The lowest BCUT2D eigenvalue weighted by Gasteiger charge is -2.19. The second kappa shape index (κ2) is 8.15. The molecule has 0 saturated carbocycles. The van der Waals surface area contributed by atoms with Gasteiger partial charge in [0.1, 0.15) is 24.9 Å². The number of rotatable bonds is 5. The number of nitrogens with zero attached hydrogens (tertiary/aromatic N) is 1. The van der Waals surface area contributed by atoms with E-state index in [-0.39, 0.29) is 5.57 Å². The van der Waals surface area contributed by atoms with Crippen LogP contribution < -0.4 is 24.3 Å². The molecule has 27 heavy (non-hydrogen) atoms. The summed E-state index contributed by atoms with van der Waals surface area (Å²) in [5.41, 5.74) is 0.991. The third-order valence-electron chi connectivity index (χ3n) is 3.90. The molecule has 2 aromatic rings. The van der Waals surface area contributed by atoms with Crippen LogP contribution in [-0.2, 0) is 4.79 Å². The van der Waals surface area contributed by atoms with Crippen LogP contribution in [-0.4, -0.2) is 33.3 Å². The maximum Gasteiger partial charge on any atom is 0.266 e. The van der Waals surface area contributed by atoms with E-state index in [1.807, 2.05) is 6.07 Å². The van der Waals surface area contributed by atoms with E-state index < -0.39 is 5.91 Å². The lowest BCUT2D eigenvalue weighted by atomic mass is 10.1. The quantitative estimate of drug-likeness (QED) is 0.646. The standard InChI is InChI=1S/C20H18N2O5/c1-24-17-5-3-4-13(19(17)25-2)10-14(12-21)20(23)22-15-6-7-16-18(11-15)27-9-8-26-16/h3-7,10-11H,8-9H2,1-2H3,(H,22,23)/b14-10+. The Kier molecular flexibility index (Phi) is 5.47. The van der Waals surface area contributed by atoms with Crippen molar-refractivity contribution >= 4 is 17.7 Å². The molecule has 7 nitrogen and oxygen atoms in total. The number of nitriles is 1. The number of anilines is 1. The Morgan fingerprint density at radius 1 is 1.15 bits per heavy atom. The highest BCUT2D eigenvalue weighted by molar-refractivity contribution is 6.10. The second-order valence-corrected chi connectivity index (χ2v) is 5.57. The van der Waals surface area contributed by atoms with Crippen molar-refractivity contribution < 1.29 is 23.7 Å². The van der Waals surface area contributed by atoms with Crippen LogP contribution in [0.2, 0.25) is 0 Å². The Bertz CT molecular complexity index is 930. The van der Waals surface area contributed by atoms with E-state index in [4.69, 9.17) is 18.9 Å². The first-order valence-corrected chi connectivity index (χ1v) is 8.20. The van der Waals surface area contributed by atoms with Crippen molar-refractivity contribution in [1.82, 2.24) is 0 Å². The Morgan fingerprint density at radius 2 is 1.93 bits per heavy atom. The second-order valence-electron chi connectivity index (χ2n) is 5.57. The number of benzene rings is 2. The lowest BCUT2D eigenvalue weighted by Crippen LogP contribution is -2.17. The van der Waals surface area contributed by atoms with E-state index in [2.05, 4.69) is 5.32 Å². The van der Waals surface area contributed by atoms with Crippen LogP contribution in [0.4, 0.5) is 5.69 Å². The number of nitrogens with one attached hydrogen (secondary N) is 1. The van der Waals surface area contributed by atoms with Gasteiger partial charge in [-0.2, -0.15) is 5.26 Å². The van der Waals surface area contributed by atoms with E-state index in [0.29, 0.717) is 47.5 Å². The number of carbonyl (C=O) groups is 1. The van der Waals surface area contributed by atoms with Crippen molar-refractivity contribution in [2.24, 2.45) is 0 Å². The Balaban J connectivity index is 1.85. The van der Waals surface area contributed by atoms with E-state index in [1.165, 1.54) is 20.3 Å². The Labute approximate surface area is 156 Å². The van der Waals surface area contributed by atoms with Crippen molar-refractivity contribution in [1.29, 1.82) is 5.26 Å². The predicted molar refractivity (Wildman–Crippen MR) is 99.2 cm³/mol. The van der Waals surface area contributed by atoms with E-state index in [0.717, 1.165) is 0 Å². The highest BCUT2D eigenvalue weighted by atomic mass is 16.6. The minimum absolute atomic E-state index is 0.0727. The first-order chi connectivity index (χ1) is 13.2. The van der Waals surface area contributed by atoms with E-state index in [1.54, 1.807) is 36.4 Å². The lowest BCUT2D eigenvalue weighted by molar-refractivity contribution is -0.112. The van der Waals surface area contributed by atoms with Gasteiger partial charge in [-0.25, -0.2) is 0 Å². The monoisotopic (exact) mass is 366 g/mol. The number of para-hydroxylation sites is 1. The number of carbonyl (C=O) groups excluding carboxylic acids is 1. The van der Waals surface area contributed by atoms with Gasteiger partial charge in [0.2, 0.25) is 0 Å². The molecule has 1 aliphatic rings. The third kappa shape index (κ3) is 3.96. The van der Waals surface area contributed by atoms with Gasteiger partial charge in [-0.1, -0.05) is 12.1 Å². The molecule has 0 bridgehead atoms. The zero-order valence-electron chi connectivity index (χ0n) is 14.9. The summed E-state index contributed by atoms with van der Waals surface area (Å²) < 4.78 is 21.5. The summed E-state index contributed by atoms with van der Waals surface area (Å²) in [6, 6.07) is 12.2. The predicted octanol–water partition coefficient (Wildman–Crippen LogP) is 3.02. The summed E-state index contributed by atoms with van der Waals surface area (Å²) in [6.45, 7) is 0.936. The van der Waals surface area contributed by atoms with Gasteiger partial charge in [-0.15, -0.1) is 0 Å². The number of hydrogen-bond acceptors (Lipinski definition) is 6. The molecule has 1 N–H and O–H groups in total. The average Bonchev–Trinajstić information content (AvgIpc) is 2.71. The van der Waals surface area contributed by atoms with E-state index in [9.17, 15) is 10.1 Å². The van der Waals surface area contributed by atoms with Crippen molar-refractivity contribution in [3.63, 3.8) is 0 Å². The summed E-state index contributed by atoms with van der Waals surface area (Å²) >= 11 is 0. The molecule has 0 aromatic heterocycles. The number of amides is 1. The first-order valence-electron chi connectivity index (χ1n) is 8.20. The third-order valence-corrected chi connectivity index (χ3v) is 3.90. The van der Waals surface area contributed by atoms with Gasteiger partial charge >= 0.3 is 0 Å². The Hall–Kier alpha value is -3.66. The van der Waals surface area contributed by atoms with Gasteiger partial charge in [0.15, 0.2) is 23.0 Å². The molecule has 0 spiro atoms. The van der Waals surface area contributed by atoms with Crippen LogP contribution in [0.1, 0.15) is 5.56 Å². The minimum atomic E-state index is -0.543. The Morgan fingerprint density at radius 3 is 2.63 bits per heavy atom. The fraction of sp³-hybridized carbons (Fsp3) is 0.200. The largest absolute Gasteiger partial charge is 0.493 e. The zero-order valence-corrected chi connectivity index (χ0v) is 14.9. The number of ether oxygens (including phenoxy) is 4. The van der Waals surface area contributed by atoms with Crippen LogP contribution in [0.25, 0.3) is 6.08 Å². The number of fused-ring (bicyclic) bond motifs is 1. The van der Waals surface area contributed by atoms with Gasteiger partial charge in [0.25, 0.3) is 5.91 Å². The number of hydrogen-bond donors (Lipinski definition) is 1. The molecular weight excluding hydrogens is 348 g/mol. The van der Waals surface area contributed by atoms with Gasteiger partial charge in [0, 0.05) is 17.3 Å². The highest BCUT2D eigenvalue weighted by Gasteiger charge is 2.16. The van der Waals surface area contributed by atoms with Crippen LogP contribution in [0.5, 0.6) is 23.0 Å². The normalized spacial score (nSPS) is 12.7. The zero-order chi connectivity index (χ0) is 19.2. The van der Waals surface area contributed by atoms with Crippen molar-refractivity contribution in [3.8, 4) is 29.1 Å². The molecule has 2 aromatic carbocycles. The molecule has 1 heterocycles. The first kappa shape index (κ1) is 18.1. The van der Waals surface area contributed by atoms with E-state index >= 15 is 0 Å². The van der Waals surface area contributed by atoms with Gasteiger partial charge < -0.3 is 24.3 Å². The molecule has 0 saturated heterocycles. The van der Waals surface area contributed by atoms with Crippen LogP contribution in [0.15, 0.2) is 42.0 Å². The maximum absolute atomic E-state index is 12.5. The molecule has 1 amide bonds. The molecule has 0 aliphatic carbocycles. The molecule has 0 radical (unpaired) electrons. The average molecular weight is 366 g/mol. The molecule has 3 rings (SSSR count). The molecule has 1 aliphatic heterocycles. The summed E-state index contributed by atoms with van der Waals surface area (Å²) in [6.07, 6.45) is 1.45. The topological polar surface area (TPSA) is 89.8 Å². The maximum atomic E-state index is 12.5. The smallest absolute Gasteiger partial charge is 0.266 e. The molecular formula is C20H18N2O5. The summed E-state index contributed by atoms with van der Waals surface area (Å²) in [7, 11) is 3.02.